The second-order valence-electron chi connectivity index (χ2n) is 8.28. The van der Waals surface area contributed by atoms with Crippen molar-refractivity contribution >= 4 is 23.6 Å². The summed E-state index contributed by atoms with van der Waals surface area (Å²) in [6.45, 7) is 3.49. The fourth-order valence-electron chi connectivity index (χ4n) is 4.89. The molecule has 146 valence electrons. The Labute approximate surface area is 162 Å². The van der Waals surface area contributed by atoms with E-state index in [2.05, 4.69) is 16.0 Å². The summed E-state index contributed by atoms with van der Waals surface area (Å²) >= 11 is 0. The predicted molar refractivity (Wildman–Crippen MR) is 98.2 cm³/mol. The van der Waals surface area contributed by atoms with Gasteiger partial charge in [0.1, 0.15) is 6.04 Å². The Morgan fingerprint density at radius 2 is 2.04 bits per heavy atom. The van der Waals surface area contributed by atoms with Gasteiger partial charge in [-0.15, -0.1) is 0 Å². The third-order valence-electron chi connectivity index (χ3n) is 6.57. The van der Waals surface area contributed by atoms with E-state index in [-0.39, 0.29) is 18.7 Å². The molecule has 4 aliphatic rings. The lowest BCUT2D eigenvalue weighted by Gasteiger charge is -2.27. The molecule has 0 spiro atoms. The Morgan fingerprint density at radius 3 is 2.75 bits per heavy atom. The molecule has 28 heavy (non-hydrogen) atoms. The molecule has 0 bridgehead atoms. The van der Waals surface area contributed by atoms with Crippen LogP contribution in [-0.2, 0) is 16.1 Å². The third kappa shape index (κ3) is 2.59. The van der Waals surface area contributed by atoms with Crippen molar-refractivity contribution < 1.29 is 19.2 Å². The summed E-state index contributed by atoms with van der Waals surface area (Å²) in [5.74, 6) is -1.12. The zero-order chi connectivity index (χ0) is 19.5. The van der Waals surface area contributed by atoms with Gasteiger partial charge in [0.15, 0.2) is 0 Å². The molecule has 3 heterocycles. The summed E-state index contributed by atoms with van der Waals surface area (Å²) < 4.78 is 0. The molecule has 1 aromatic carbocycles. The molecule has 1 aromatic rings. The molecule has 0 aromatic heterocycles. The molecule has 2 saturated heterocycles. The Kier molecular flexibility index (Phi) is 3.89. The van der Waals surface area contributed by atoms with E-state index in [1.54, 1.807) is 12.1 Å². The van der Waals surface area contributed by atoms with Gasteiger partial charge in [-0.25, -0.2) is 0 Å². The van der Waals surface area contributed by atoms with Gasteiger partial charge >= 0.3 is 0 Å². The highest BCUT2D eigenvalue weighted by molar-refractivity contribution is 6.24. The summed E-state index contributed by atoms with van der Waals surface area (Å²) in [7, 11) is 0. The van der Waals surface area contributed by atoms with Gasteiger partial charge < -0.3 is 10.6 Å². The predicted octanol–water partition coefficient (Wildman–Crippen LogP) is -0.213. The van der Waals surface area contributed by atoms with E-state index in [1.807, 2.05) is 6.07 Å². The highest BCUT2D eigenvalue weighted by Gasteiger charge is 2.56. The highest BCUT2D eigenvalue weighted by Crippen LogP contribution is 2.54. The Bertz CT molecular complexity index is 913. The molecule has 3 fully saturated rings. The van der Waals surface area contributed by atoms with Crippen LogP contribution in [0.2, 0.25) is 0 Å². The SMILES string of the molecule is O=C1CCC(N2C(=O)c3cccc(CNCC45CNCC4C5)c3C2=O)C(=O)N1. The van der Waals surface area contributed by atoms with Crippen molar-refractivity contribution in [2.75, 3.05) is 19.6 Å². The smallest absolute Gasteiger partial charge is 0.262 e. The zero-order valence-corrected chi connectivity index (χ0v) is 15.4. The molecule has 1 saturated carbocycles. The zero-order valence-electron chi connectivity index (χ0n) is 15.4. The van der Waals surface area contributed by atoms with Crippen LogP contribution in [0.3, 0.4) is 0 Å². The van der Waals surface area contributed by atoms with Gasteiger partial charge in [0.2, 0.25) is 11.8 Å². The molecule has 3 N–H and O–H groups in total. The van der Waals surface area contributed by atoms with Gasteiger partial charge in [-0.1, -0.05) is 12.1 Å². The van der Waals surface area contributed by atoms with Crippen LogP contribution in [0.1, 0.15) is 45.5 Å². The van der Waals surface area contributed by atoms with E-state index >= 15 is 0 Å². The maximum atomic E-state index is 13.0. The number of carbonyl (C=O) groups is 4. The monoisotopic (exact) mass is 382 g/mol. The minimum absolute atomic E-state index is 0.121. The van der Waals surface area contributed by atoms with Crippen molar-refractivity contribution in [3.8, 4) is 0 Å². The van der Waals surface area contributed by atoms with Gasteiger partial charge in [-0.05, 0) is 42.3 Å². The molecule has 3 unspecified atom stereocenters. The number of hydrogen-bond donors (Lipinski definition) is 3. The molecule has 8 heteroatoms. The summed E-state index contributed by atoms with van der Waals surface area (Å²) in [6, 6.07) is 4.31. The lowest BCUT2D eigenvalue weighted by Crippen LogP contribution is -2.54. The van der Waals surface area contributed by atoms with Crippen LogP contribution in [0.25, 0.3) is 0 Å². The van der Waals surface area contributed by atoms with Crippen molar-refractivity contribution in [1.29, 1.82) is 0 Å². The van der Waals surface area contributed by atoms with E-state index in [0.29, 0.717) is 23.1 Å². The van der Waals surface area contributed by atoms with E-state index < -0.39 is 23.8 Å². The minimum atomic E-state index is -0.929. The largest absolute Gasteiger partial charge is 0.316 e. The Balaban J connectivity index is 1.34. The van der Waals surface area contributed by atoms with Crippen molar-refractivity contribution in [2.24, 2.45) is 11.3 Å². The van der Waals surface area contributed by atoms with E-state index in [1.165, 1.54) is 6.42 Å². The molecule has 4 amide bonds. The van der Waals surface area contributed by atoms with Gasteiger partial charge in [0.05, 0.1) is 11.1 Å². The number of imide groups is 2. The van der Waals surface area contributed by atoms with Crippen molar-refractivity contribution in [1.82, 2.24) is 20.9 Å². The normalized spacial score (nSPS) is 31.1. The van der Waals surface area contributed by atoms with Crippen LogP contribution in [-0.4, -0.2) is 54.2 Å². The summed E-state index contributed by atoms with van der Waals surface area (Å²) in [5, 5.41) is 9.08. The molecule has 5 rings (SSSR count). The number of nitrogens with one attached hydrogen (secondary N) is 3. The van der Waals surface area contributed by atoms with E-state index in [0.717, 1.165) is 36.0 Å². The molecule has 0 radical (unpaired) electrons. The molecular weight excluding hydrogens is 360 g/mol. The van der Waals surface area contributed by atoms with Crippen molar-refractivity contribution in [3.05, 3.63) is 34.9 Å². The molecule has 1 aliphatic carbocycles. The van der Waals surface area contributed by atoms with Crippen LogP contribution < -0.4 is 16.0 Å². The topological polar surface area (TPSA) is 108 Å². The lowest BCUT2D eigenvalue weighted by atomic mass is 10.0. The van der Waals surface area contributed by atoms with Gasteiger partial charge in [-0.2, -0.15) is 0 Å². The first-order valence-corrected chi connectivity index (χ1v) is 9.75. The summed E-state index contributed by atoms with van der Waals surface area (Å²) in [5.41, 5.74) is 1.82. The average molecular weight is 382 g/mol. The second kappa shape index (κ2) is 6.22. The number of fused-ring (bicyclic) bond motifs is 2. The quantitative estimate of drug-likeness (QED) is 0.608. The van der Waals surface area contributed by atoms with Crippen LogP contribution in [0.4, 0.5) is 0 Å². The number of nitrogens with zero attached hydrogens (tertiary/aromatic N) is 1. The second-order valence-corrected chi connectivity index (χ2v) is 8.28. The van der Waals surface area contributed by atoms with Crippen LogP contribution in [0, 0.1) is 11.3 Å². The Hall–Kier alpha value is -2.58. The Morgan fingerprint density at radius 1 is 1.18 bits per heavy atom. The number of amides is 4. The maximum Gasteiger partial charge on any atom is 0.262 e. The van der Waals surface area contributed by atoms with Crippen molar-refractivity contribution in [2.45, 2.75) is 31.8 Å². The third-order valence-corrected chi connectivity index (χ3v) is 6.57. The van der Waals surface area contributed by atoms with Gasteiger partial charge in [0, 0.05) is 26.1 Å². The van der Waals surface area contributed by atoms with Crippen LogP contribution in [0.5, 0.6) is 0 Å². The first kappa shape index (κ1) is 17.5. The van der Waals surface area contributed by atoms with E-state index in [9.17, 15) is 19.2 Å². The number of carbonyl (C=O) groups excluding carboxylic acids is 4. The van der Waals surface area contributed by atoms with Gasteiger partial charge in [-0.3, -0.25) is 29.4 Å². The fourth-order valence-corrected chi connectivity index (χ4v) is 4.89. The minimum Gasteiger partial charge on any atom is -0.316 e. The molecule has 8 nitrogen and oxygen atoms in total. The maximum absolute atomic E-state index is 13.0. The first-order valence-electron chi connectivity index (χ1n) is 9.75. The molecular formula is C20H22N4O4. The standard InChI is InChI=1S/C20H22N4O4/c25-15-5-4-14(17(26)23-15)24-18(27)13-3-1-2-11(16(13)19(24)28)7-21-9-20-6-12(20)8-22-10-20/h1-3,12,14,21-22H,4-10H2,(H,23,25,26). The lowest BCUT2D eigenvalue weighted by molar-refractivity contribution is -0.136. The number of rotatable bonds is 5. The number of piperidine rings is 2. The molecule has 3 aliphatic heterocycles. The summed E-state index contributed by atoms with van der Waals surface area (Å²) in [4.78, 5) is 50.5. The fraction of sp³-hybridized carbons (Fsp3) is 0.500. The number of benzene rings is 1. The summed E-state index contributed by atoms with van der Waals surface area (Å²) in [6.07, 6.45) is 1.52. The first-order chi connectivity index (χ1) is 13.5. The molecule has 3 atom stereocenters. The van der Waals surface area contributed by atoms with Crippen molar-refractivity contribution in [3.63, 3.8) is 0 Å². The van der Waals surface area contributed by atoms with Crippen LogP contribution >= 0.6 is 0 Å². The number of hydrogen-bond acceptors (Lipinski definition) is 6. The highest BCUT2D eigenvalue weighted by atomic mass is 16.2. The van der Waals surface area contributed by atoms with E-state index in [4.69, 9.17) is 0 Å². The average Bonchev–Trinajstić information content (AvgIpc) is 3.10. The van der Waals surface area contributed by atoms with Crippen LogP contribution in [0.15, 0.2) is 18.2 Å². The van der Waals surface area contributed by atoms with Gasteiger partial charge in [0.25, 0.3) is 11.8 Å².